The second-order valence-corrected chi connectivity index (χ2v) is 6.13. The summed E-state index contributed by atoms with van der Waals surface area (Å²) in [6.07, 6.45) is 0. The van der Waals surface area contributed by atoms with Gasteiger partial charge in [0.2, 0.25) is 10.0 Å². The summed E-state index contributed by atoms with van der Waals surface area (Å²) in [5, 5.41) is 5.15. The predicted octanol–water partition coefficient (Wildman–Crippen LogP) is 2.80. The fraction of sp³-hybridized carbons (Fsp3) is 0.200. The second kappa shape index (κ2) is 5.64. The molecule has 0 aliphatic rings. The lowest BCUT2D eigenvalue weighted by Crippen LogP contribution is -2.18. The lowest BCUT2D eigenvalue weighted by Gasteiger charge is -2.25. The average molecular weight is 290 g/mol. The number of rotatable bonds is 4. The number of para-hydroxylation sites is 1. The van der Waals surface area contributed by atoms with Crippen molar-refractivity contribution in [3.8, 4) is 0 Å². The van der Waals surface area contributed by atoms with Crippen molar-refractivity contribution in [1.82, 2.24) is 0 Å². The van der Waals surface area contributed by atoms with Crippen LogP contribution in [-0.2, 0) is 10.0 Å². The zero-order valence-electron chi connectivity index (χ0n) is 11.6. The molecule has 0 bridgehead atoms. The van der Waals surface area contributed by atoms with Crippen molar-refractivity contribution in [1.29, 1.82) is 0 Å². The van der Waals surface area contributed by atoms with Crippen LogP contribution < -0.4 is 10.0 Å². The van der Waals surface area contributed by atoms with Crippen LogP contribution in [0.2, 0.25) is 0 Å². The smallest absolute Gasteiger partial charge is 0.238 e. The monoisotopic (exact) mass is 290 g/mol. The zero-order chi connectivity index (χ0) is 14.8. The Hall–Kier alpha value is -1.85. The summed E-state index contributed by atoms with van der Waals surface area (Å²) in [4.78, 5) is 2.27. The highest BCUT2D eigenvalue weighted by Crippen LogP contribution is 2.29. The van der Waals surface area contributed by atoms with E-state index in [1.165, 1.54) is 0 Å². The minimum absolute atomic E-state index is 0.142. The molecule has 20 heavy (non-hydrogen) atoms. The van der Waals surface area contributed by atoms with E-state index in [0.29, 0.717) is 0 Å². The number of sulfonamides is 1. The van der Waals surface area contributed by atoms with Crippen molar-refractivity contribution in [3.63, 3.8) is 0 Å². The fourth-order valence-electron chi connectivity index (χ4n) is 2.21. The lowest BCUT2D eigenvalue weighted by molar-refractivity contribution is 0.597. The van der Waals surface area contributed by atoms with Gasteiger partial charge in [-0.25, -0.2) is 13.6 Å². The Balaban J connectivity index is 2.47. The highest BCUT2D eigenvalue weighted by Gasteiger charge is 2.13. The van der Waals surface area contributed by atoms with E-state index in [9.17, 15) is 8.42 Å². The molecule has 2 aromatic carbocycles. The number of nitrogens with zero attached hydrogens (tertiary/aromatic N) is 1. The highest BCUT2D eigenvalue weighted by molar-refractivity contribution is 7.89. The molecule has 0 heterocycles. The molecule has 0 amide bonds. The number of hydrogen-bond acceptors (Lipinski definition) is 3. The van der Waals surface area contributed by atoms with Crippen LogP contribution in [0.3, 0.4) is 0 Å². The van der Waals surface area contributed by atoms with Crippen LogP contribution in [0.5, 0.6) is 0 Å². The highest BCUT2D eigenvalue weighted by atomic mass is 32.2. The van der Waals surface area contributed by atoms with E-state index in [1.54, 1.807) is 18.2 Å². The molecule has 0 saturated carbocycles. The van der Waals surface area contributed by atoms with E-state index in [-0.39, 0.29) is 4.90 Å². The third-order valence-corrected chi connectivity index (χ3v) is 4.08. The van der Waals surface area contributed by atoms with E-state index in [2.05, 4.69) is 11.8 Å². The number of hydrogen-bond donors (Lipinski definition) is 1. The van der Waals surface area contributed by atoms with E-state index >= 15 is 0 Å². The third kappa shape index (κ3) is 3.00. The minimum Gasteiger partial charge on any atom is -0.342 e. The quantitative estimate of drug-likeness (QED) is 0.941. The number of anilines is 2. The van der Waals surface area contributed by atoms with Crippen molar-refractivity contribution < 1.29 is 8.42 Å². The molecule has 5 heteroatoms. The van der Waals surface area contributed by atoms with Gasteiger partial charge in [-0.1, -0.05) is 18.2 Å². The maximum Gasteiger partial charge on any atom is 0.238 e. The van der Waals surface area contributed by atoms with Gasteiger partial charge < -0.3 is 4.90 Å². The van der Waals surface area contributed by atoms with Crippen LogP contribution in [0.1, 0.15) is 12.5 Å². The SMILES string of the molecule is CCN(c1ccccc1)c1ccc(S(N)(=O)=O)cc1C. The van der Waals surface area contributed by atoms with Gasteiger partial charge in [0.25, 0.3) is 0 Å². The Bertz CT molecular complexity index is 697. The van der Waals surface area contributed by atoms with Gasteiger partial charge in [0.05, 0.1) is 4.90 Å². The largest absolute Gasteiger partial charge is 0.342 e. The second-order valence-electron chi connectivity index (χ2n) is 4.57. The Kier molecular flexibility index (Phi) is 4.11. The van der Waals surface area contributed by atoms with Crippen molar-refractivity contribution in [2.45, 2.75) is 18.7 Å². The van der Waals surface area contributed by atoms with Gasteiger partial charge in [0.1, 0.15) is 0 Å². The molecule has 2 rings (SSSR count). The summed E-state index contributed by atoms with van der Waals surface area (Å²) in [6.45, 7) is 4.73. The third-order valence-electron chi connectivity index (χ3n) is 3.17. The lowest BCUT2D eigenvalue weighted by atomic mass is 10.1. The maximum atomic E-state index is 11.4. The fourth-order valence-corrected chi connectivity index (χ4v) is 2.81. The van der Waals surface area contributed by atoms with Crippen molar-refractivity contribution >= 4 is 21.4 Å². The van der Waals surface area contributed by atoms with E-state index in [0.717, 1.165) is 23.5 Å². The zero-order valence-corrected chi connectivity index (χ0v) is 12.4. The molecule has 2 aromatic rings. The standard InChI is InChI=1S/C15H18N2O2S/c1-3-17(13-7-5-4-6-8-13)15-10-9-14(11-12(15)2)20(16,18)19/h4-11H,3H2,1-2H3,(H2,16,18,19). The molecule has 0 aliphatic heterocycles. The van der Waals surface area contributed by atoms with Gasteiger partial charge in [-0.2, -0.15) is 0 Å². The molecule has 0 unspecified atom stereocenters. The molecule has 4 nitrogen and oxygen atoms in total. The first-order valence-electron chi connectivity index (χ1n) is 6.39. The summed E-state index contributed by atoms with van der Waals surface area (Å²) in [6, 6.07) is 14.9. The Labute approximate surface area is 119 Å². The van der Waals surface area contributed by atoms with Crippen molar-refractivity contribution in [2.24, 2.45) is 5.14 Å². The molecule has 0 aliphatic carbocycles. The molecule has 0 spiro atoms. The van der Waals surface area contributed by atoms with Gasteiger partial charge in [-0.05, 0) is 49.7 Å². The van der Waals surface area contributed by atoms with Crippen LogP contribution in [0.25, 0.3) is 0 Å². The Morgan fingerprint density at radius 3 is 2.25 bits per heavy atom. The topological polar surface area (TPSA) is 63.4 Å². The average Bonchev–Trinajstić information content (AvgIpc) is 2.41. The van der Waals surface area contributed by atoms with Crippen LogP contribution in [-0.4, -0.2) is 15.0 Å². The number of nitrogens with two attached hydrogens (primary N) is 1. The molecule has 0 saturated heterocycles. The number of primary sulfonamides is 1. The summed E-state index contributed by atoms with van der Waals surface area (Å²) in [5.41, 5.74) is 2.93. The first-order valence-corrected chi connectivity index (χ1v) is 7.94. The van der Waals surface area contributed by atoms with Crippen LogP contribution >= 0.6 is 0 Å². The predicted molar refractivity (Wildman–Crippen MR) is 81.7 cm³/mol. The first kappa shape index (κ1) is 14.6. The number of aryl methyl sites for hydroxylation is 1. The summed E-state index contributed by atoms with van der Waals surface area (Å²) in [5.74, 6) is 0. The molecule has 0 aromatic heterocycles. The van der Waals surface area contributed by atoms with Gasteiger partial charge in [-0.3, -0.25) is 0 Å². The molecule has 106 valence electrons. The summed E-state index contributed by atoms with van der Waals surface area (Å²) in [7, 11) is -3.66. The van der Waals surface area contributed by atoms with Gasteiger partial charge in [0.15, 0.2) is 0 Å². The van der Waals surface area contributed by atoms with E-state index in [1.807, 2.05) is 37.3 Å². The van der Waals surface area contributed by atoms with Gasteiger partial charge >= 0.3 is 0 Å². The van der Waals surface area contributed by atoms with Crippen molar-refractivity contribution in [2.75, 3.05) is 11.4 Å². The van der Waals surface area contributed by atoms with Gasteiger partial charge in [0, 0.05) is 17.9 Å². The molecule has 0 radical (unpaired) electrons. The van der Waals surface area contributed by atoms with Crippen molar-refractivity contribution in [3.05, 3.63) is 54.1 Å². The molecule has 0 atom stereocenters. The Morgan fingerprint density at radius 2 is 1.75 bits per heavy atom. The molecular weight excluding hydrogens is 272 g/mol. The first-order chi connectivity index (χ1) is 9.43. The molecule has 0 fully saturated rings. The Morgan fingerprint density at radius 1 is 1.10 bits per heavy atom. The summed E-state index contributed by atoms with van der Waals surface area (Å²) < 4.78 is 22.7. The van der Waals surface area contributed by atoms with Gasteiger partial charge in [-0.15, -0.1) is 0 Å². The van der Waals surface area contributed by atoms with Crippen LogP contribution in [0.15, 0.2) is 53.4 Å². The minimum atomic E-state index is -3.66. The molecule has 2 N–H and O–H groups in total. The molecular formula is C15H18N2O2S. The normalized spacial score (nSPS) is 11.3. The maximum absolute atomic E-state index is 11.4. The van der Waals surface area contributed by atoms with E-state index in [4.69, 9.17) is 5.14 Å². The van der Waals surface area contributed by atoms with E-state index < -0.39 is 10.0 Å². The number of benzene rings is 2. The van der Waals surface area contributed by atoms with Crippen LogP contribution in [0, 0.1) is 6.92 Å². The van der Waals surface area contributed by atoms with Crippen LogP contribution in [0.4, 0.5) is 11.4 Å². The summed E-state index contributed by atoms with van der Waals surface area (Å²) >= 11 is 0.